The highest BCUT2D eigenvalue weighted by atomic mass is 32.2. The minimum Gasteiger partial charge on any atom is -0.507 e. The highest BCUT2D eigenvalue weighted by Crippen LogP contribution is 2.32. The van der Waals surface area contributed by atoms with Crippen LogP contribution in [0.2, 0.25) is 0 Å². The number of carboxylic acids is 1. The van der Waals surface area contributed by atoms with Gasteiger partial charge in [0.05, 0.1) is 10.6 Å². The number of sulfonamides is 1. The van der Waals surface area contributed by atoms with Crippen LogP contribution < -0.4 is 4.72 Å². The van der Waals surface area contributed by atoms with Gasteiger partial charge in [0.2, 0.25) is 0 Å². The topological polar surface area (TPSA) is 147 Å². The molecule has 0 heterocycles. The summed E-state index contributed by atoms with van der Waals surface area (Å²) in [6, 6.07) is 15.5. The fourth-order valence-electron chi connectivity index (χ4n) is 2.68. The summed E-state index contributed by atoms with van der Waals surface area (Å²) in [5.74, 6) is -2.03. The quantitative estimate of drug-likeness (QED) is 0.413. The summed E-state index contributed by atoms with van der Waals surface area (Å²) in [4.78, 5) is 20.9. The first kappa shape index (κ1) is 19.8. The van der Waals surface area contributed by atoms with Crippen LogP contribution in [0.1, 0.15) is 10.4 Å². The van der Waals surface area contributed by atoms with Gasteiger partial charge in [0, 0.05) is 12.1 Å². The van der Waals surface area contributed by atoms with Crippen molar-refractivity contribution < 1.29 is 28.3 Å². The van der Waals surface area contributed by atoms with Crippen LogP contribution in [0.5, 0.6) is 5.75 Å². The van der Waals surface area contributed by atoms with Crippen LogP contribution in [0.4, 0.5) is 11.4 Å². The zero-order valence-electron chi connectivity index (χ0n) is 14.6. The molecule has 0 saturated heterocycles. The summed E-state index contributed by atoms with van der Waals surface area (Å²) in [6.07, 6.45) is 0. The largest absolute Gasteiger partial charge is 0.507 e. The fraction of sp³-hybridized carbons (Fsp3) is 0. The summed E-state index contributed by atoms with van der Waals surface area (Å²) in [6.45, 7) is 0. The van der Waals surface area contributed by atoms with Crippen molar-refractivity contribution in [2.24, 2.45) is 0 Å². The maximum absolute atomic E-state index is 12.8. The second kappa shape index (κ2) is 7.60. The number of benzene rings is 3. The van der Waals surface area contributed by atoms with Gasteiger partial charge in [-0.2, -0.15) is 0 Å². The van der Waals surface area contributed by atoms with Gasteiger partial charge in [0.1, 0.15) is 11.3 Å². The van der Waals surface area contributed by atoms with E-state index in [0.29, 0.717) is 11.1 Å². The van der Waals surface area contributed by atoms with Crippen molar-refractivity contribution >= 4 is 27.4 Å². The Labute approximate surface area is 165 Å². The lowest BCUT2D eigenvalue weighted by Crippen LogP contribution is -2.15. The Hall–Kier alpha value is -3.92. The molecular formula is C19H14N2O7S. The molecule has 0 saturated carbocycles. The van der Waals surface area contributed by atoms with Gasteiger partial charge in [-0.3, -0.25) is 14.8 Å². The first-order valence-corrected chi connectivity index (χ1v) is 9.60. The lowest BCUT2D eigenvalue weighted by molar-refractivity contribution is -0.387. The van der Waals surface area contributed by atoms with Crippen LogP contribution in [0.25, 0.3) is 11.1 Å². The third-order valence-corrected chi connectivity index (χ3v) is 5.44. The van der Waals surface area contributed by atoms with E-state index in [-0.39, 0.29) is 5.69 Å². The van der Waals surface area contributed by atoms with Crippen LogP contribution in [-0.4, -0.2) is 29.5 Å². The molecule has 0 fully saturated rings. The van der Waals surface area contributed by atoms with Gasteiger partial charge in [-0.15, -0.1) is 0 Å². The molecule has 0 aliphatic carbocycles. The van der Waals surface area contributed by atoms with Gasteiger partial charge in [-0.05, 0) is 35.4 Å². The van der Waals surface area contributed by atoms with E-state index in [9.17, 15) is 28.4 Å². The molecule has 0 amide bonds. The first-order chi connectivity index (χ1) is 13.7. The number of anilines is 1. The zero-order valence-corrected chi connectivity index (χ0v) is 15.5. The monoisotopic (exact) mass is 414 g/mol. The fourth-order valence-corrected chi connectivity index (χ4v) is 3.92. The third-order valence-electron chi connectivity index (χ3n) is 4.03. The smallest absolute Gasteiger partial charge is 0.339 e. The SMILES string of the molecule is O=C(O)c1ccc(NS(=O)(=O)c2cc(-c3ccccc3)ccc2[N+](=O)[O-])cc1O. The Bertz CT molecular complexity index is 1210. The number of nitrogens with zero attached hydrogens (tertiary/aromatic N) is 1. The van der Waals surface area contributed by atoms with Gasteiger partial charge < -0.3 is 10.2 Å². The minimum absolute atomic E-state index is 0.146. The highest BCUT2D eigenvalue weighted by Gasteiger charge is 2.27. The number of nitro groups is 1. The molecule has 0 aliphatic heterocycles. The number of aromatic hydroxyl groups is 1. The third kappa shape index (κ3) is 4.17. The number of phenols is 1. The number of aromatic carboxylic acids is 1. The highest BCUT2D eigenvalue weighted by molar-refractivity contribution is 7.92. The van der Waals surface area contributed by atoms with Crippen molar-refractivity contribution in [3.05, 3.63) is 82.4 Å². The van der Waals surface area contributed by atoms with E-state index in [0.717, 1.165) is 24.3 Å². The Balaban J connectivity index is 2.06. The predicted octanol–water partition coefficient (Wildman–Crippen LogP) is 3.47. The number of carboxylic acid groups (broad SMARTS) is 1. The number of nitrogens with one attached hydrogen (secondary N) is 1. The van der Waals surface area contributed by atoms with E-state index in [1.54, 1.807) is 30.3 Å². The van der Waals surface area contributed by atoms with Crippen LogP contribution in [0.15, 0.2) is 71.6 Å². The standard InChI is InChI=1S/C19H14N2O7S/c22-17-11-14(7-8-15(17)19(23)24)20-29(27,28)18-10-13(6-9-16(18)21(25)26)12-4-2-1-3-5-12/h1-11,20,22H,(H,23,24). The molecule has 3 aromatic rings. The van der Waals surface area contributed by atoms with E-state index in [1.165, 1.54) is 12.1 Å². The molecule has 0 spiro atoms. The van der Waals surface area contributed by atoms with Crippen molar-refractivity contribution in [2.45, 2.75) is 4.90 Å². The number of hydrogen-bond acceptors (Lipinski definition) is 6. The molecule has 10 heteroatoms. The molecule has 29 heavy (non-hydrogen) atoms. The normalized spacial score (nSPS) is 11.0. The van der Waals surface area contributed by atoms with Crippen LogP contribution in [-0.2, 0) is 10.0 Å². The molecule has 148 valence electrons. The van der Waals surface area contributed by atoms with Crippen molar-refractivity contribution in [1.29, 1.82) is 0 Å². The lowest BCUT2D eigenvalue weighted by atomic mass is 10.1. The van der Waals surface area contributed by atoms with Crippen molar-refractivity contribution in [2.75, 3.05) is 4.72 Å². The first-order valence-electron chi connectivity index (χ1n) is 8.12. The molecule has 9 nitrogen and oxygen atoms in total. The van der Waals surface area contributed by atoms with Gasteiger partial charge in [0.25, 0.3) is 15.7 Å². The van der Waals surface area contributed by atoms with E-state index >= 15 is 0 Å². The number of carbonyl (C=O) groups is 1. The van der Waals surface area contributed by atoms with E-state index < -0.39 is 42.8 Å². The summed E-state index contributed by atoms with van der Waals surface area (Å²) < 4.78 is 27.8. The van der Waals surface area contributed by atoms with E-state index in [2.05, 4.69) is 4.72 Å². The van der Waals surface area contributed by atoms with Crippen molar-refractivity contribution in [1.82, 2.24) is 0 Å². The van der Waals surface area contributed by atoms with Crippen LogP contribution in [0, 0.1) is 10.1 Å². The maximum Gasteiger partial charge on any atom is 0.339 e. The lowest BCUT2D eigenvalue weighted by Gasteiger charge is -2.11. The Morgan fingerprint density at radius 1 is 0.966 bits per heavy atom. The van der Waals surface area contributed by atoms with Gasteiger partial charge in [0.15, 0.2) is 4.90 Å². The predicted molar refractivity (Wildman–Crippen MR) is 104 cm³/mol. The Kier molecular flexibility index (Phi) is 5.20. The minimum atomic E-state index is -4.42. The second-order valence-electron chi connectivity index (χ2n) is 5.95. The van der Waals surface area contributed by atoms with Gasteiger partial charge in [-0.25, -0.2) is 13.2 Å². The Morgan fingerprint density at radius 2 is 1.66 bits per heavy atom. The zero-order chi connectivity index (χ0) is 21.2. The molecule has 0 radical (unpaired) electrons. The molecule has 0 unspecified atom stereocenters. The average Bonchev–Trinajstić information content (AvgIpc) is 2.67. The summed E-state index contributed by atoms with van der Waals surface area (Å²) in [5, 5.41) is 30.0. The number of rotatable bonds is 6. The van der Waals surface area contributed by atoms with Gasteiger partial charge in [-0.1, -0.05) is 30.3 Å². The average molecular weight is 414 g/mol. The maximum atomic E-state index is 12.8. The van der Waals surface area contributed by atoms with Crippen molar-refractivity contribution in [3.8, 4) is 16.9 Å². The number of nitro benzene ring substituents is 1. The molecule has 0 aromatic heterocycles. The van der Waals surface area contributed by atoms with Crippen molar-refractivity contribution in [3.63, 3.8) is 0 Å². The molecular weight excluding hydrogens is 400 g/mol. The summed E-state index contributed by atoms with van der Waals surface area (Å²) >= 11 is 0. The molecule has 0 bridgehead atoms. The molecule has 0 atom stereocenters. The van der Waals surface area contributed by atoms with E-state index in [1.807, 2.05) is 0 Å². The van der Waals surface area contributed by atoms with Crippen LogP contribution >= 0.6 is 0 Å². The summed E-state index contributed by atoms with van der Waals surface area (Å²) in [5.41, 5.74) is -0.0524. The molecule has 3 rings (SSSR count). The molecule has 3 aromatic carbocycles. The molecule has 0 aliphatic rings. The second-order valence-corrected chi connectivity index (χ2v) is 7.60. The van der Waals surface area contributed by atoms with Gasteiger partial charge >= 0.3 is 5.97 Å². The van der Waals surface area contributed by atoms with E-state index in [4.69, 9.17) is 5.11 Å². The Morgan fingerprint density at radius 3 is 2.24 bits per heavy atom. The van der Waals surface area contributed by atoms with Crippen LogP contribution in [0.3, 0.4) is 0 Å². The number of hydrogen-bond donors (Lipinski definition) is 3. The summed E-state index contributed by atoms with van der Waals surface area (Å²) in [7, 11) is -4.42. The molecule has 3 N–H and O–H groups in total.